The van der Waals surface area contributed by atoms with E-state index in [0.717, 1.165) is 4.47 Å². The molecule has 166 valence electrons. The van der Waals surface area contributed by atoms with Crippen molar-refractivity contribution in [2.75, 3.05) is 12.9 Å². The number of ether oxygens (including phenoxy) is 1. The van der Waals surface area contributed by atoms with Crippen LogP contribution in [-0.4, -0.2) is 39.3 Å². The number of thioether (sulfide) groups is 1. The zero-order valence-electron chi connectivity index (χ0n) is 17.7. The Balaban J connectivity index is 1.69. The van der Waals surface area contributed by atoms with Gasteiger partial charge in [-0.15, -0.1) is 16.8 Å². The molecule has 2 aromatic carbocycles. The number of hydrogen-bond acceptors (Lipinski definition) is 6. The van der Waals surface area contributed by atoms with E-state index in [1.807, 2.05) is 23.6 Å². The number of amides is 1. The average Bonchev–Trinajstić information content (AvgIpc) is 3.21. The topological polar surface area (TPSA) is 86.1 Å². The average molecular weight is 515 g/mol. The molecule has 0 spiro atoms. The van der Waals surface area contributed by atoms with E-state index in [1.165, 1.54) is 11.8 Å². The molecule has 1 N–H and O–H groups in total. The van der Waals surface area contributed by atoms with Gasteiger partial charge in [0.25, 0.3) is 5.91 Å². The molecule has 0 unspecified atom stereocenters. The van der Waals surface area contributed by atoms with Gasteiger partial charge in [-0.25, -0.2) is 0 Å². The minimum atomic E-state index is -0.395. The van der Waals surface area contributed by atoms with Crippen LogP contribution in [-0.2, 0) is 6.54 Å². The fourth-order valence-electron chi connectivity index (χ4n) is 2.96. The molecule has 1 atom stereocenters. The molecule has 1 amide bonds. The van der Waals surface area contributed by atoms with Gasteiger partial charge in [-0.2, -0.15) is 0 Å². The Labute approximate surface area is 199 Å². The van der Waals surface area contributed by atoms with Crippen molar-refractivity contribution in [1.82, 2.24) is 20.1 Å². The first-order valence-corrected chi connectivity index (χ1v) is 11.6. The van der Waals surface area contributed by atoms with Gasteiger partial charge in [0, 0.05) is 22.1 Å². The summed E-state index contributed by atoms with van der Waals surface area (Å²) in [7, 11) is 1.58. The van der Waals surface area contributed by atoms with Gasteiger partial charge in [0.1, 0.15) is 5.75 Å². The highest BCUT2D eigenvalue weighted by atomic mass is 79.9. The van der Waals surface area contributed by atoms with Gasteiger partial charge in [0.2, 0.25) is 0 Å². The highest BCUT2D eigenvalue weighted by molar-refractivity contribution is 9.10. The maximum Gasteiger partial charge on any atom is 0.251 e. The smallest absolute Gasteiger partial charge is 0.251 e. The van der Waals surface area contributed by atoms with Crippen molar-refractivity contribution < 1.29 is 14.3 Å². The van der Waals surface area contributed by atoms with Crippen molar-refractivity contribution >= 4 is 39.4 Å². The van der Waals surface area contributed by atoms with Crippen molar-refractivity contribution in [1.29, 1.82) is 0 Å². The summed E-state index contributed by atoms with van der Waals surface area (Å²) < 4.78 is 7.90. The third-order valence-electron chi connectivity index (χ3n) is 4.64. The number of carbonyl (C=O) groups excluding carboxylic acids is 2. The number of rotatable bonds is 10. The Hall–Kier alpha value is -2.91. The Morgan fingerprint density at radius 1 is 1.16 bits per heavy atom. The van der Waals surface area contributed by atoms with Crippen LogP contribution in [0, 0.1) is 0 Å². The van der Waals surface area contributed by atoms with Gasteiger partial charge in [-0.3, -0.25) is 9.59 Å². The van der Waals surface area contributed by atoms with Crippen molar-refractivity contribution in [2.45, 2.75) is 24.7 Å². The monoisotopic (exact) mass is 514 g/mol. The largest absolute Gasteiger partial charge is 0.497 e. The molecular formula is C23H23BrN4O3S. The number of benzene rings is 2. The molecule has 0 aliphatic heterocycles. The summed E-state index contributed by atoms with van der Waals surface area (Å²) in [6, 6.07) is 13.7. The number of carbonyl (C=O) groups is 2. The van der Waals surface area contributed by atoms with Crippen LogP contribution in [0.1, 0.15) is 39.5 Å². The summed E-state index contributed by atoms with van der Waals surface area (Å²) in [5.41, 5.74) is 1.15. The van der Waals surface area contributed by atoms with Crippen LogP contribution in [0.15, 0.2) is 70.8 Å². The van der Waals surface area contributed by atoms with Crippen LogP contribution in [0.25, 0.3) is 0 Å². The van der Waals surface area contributed by atoms with Crippen molar-refractivity contribution in [3.05, 3.63) is 82.6 Å². The maximum atomic E-state index is 12.6. The molecule has 7 nitrogen and oxygen atoms in total. The Bertz CT molecular complexity index is 1100. The molecule has 0 aliphatic rings. The lowest BCUT2D eigenvalue weighted by Crippen LogP contribution is -2.28. The van der Waals surface area contributed by atoms with Gasteiger partial charge in [0.15, 0.2) is 16.8 Å². The minimum Gasteiger partial charge on any atom is -0.497 e. The number of methoxy groups -OCH3 is 1. The van der Waals surface area contributed by atoms with Crippen LogP contribution in [0.5, 0.6) is 5.75 Å². The van der Waals surface area contributed by atoms with Gasteiger partial charge in [-0.05, 0) is 43.3 Å². The van der Waals surface area contributed by atoms with E-state index in [1.54, 1.807) is 49.6 Å². The third-order valence-corrected chi connectivity index (χ3v) is 6.14. The van der Waals surface area contributed by atoms with Crippen LogP contribution in [0.2, 0.25) is 0 Å². The van der Waals surface area contributed by atoms with E-state index >= 15 is 0 Å². The minimum absolute atomic E-state index is 0.00180. The predicted octanol–water partition coefficient (Wildman–Crippen LogP) is 4.70. The van der Waals surface area contributed by atoms with E-state index < -0.39 is 6.04 Å². The number of nitrogens with one attached hydrogen (secondary N) is 1. The Morgan fingerprint density at radius 2 is 1.81 bits per heavy atom. The molecule has 0 fully saturated rings. The zero-order chi connectivity index (χ0) is 23.1. The second-order valence-corrected chi connectivity index (χ2v) is 8.74. The van der Waals surface area contributed by atoms with Crippen LogP contribution in [0.4, 0.5) is 0 Å². The molecule has 0 bridgehead atoms. The van der Waals surface area contributed by atoms with Crippen LogP contribution in [0.3, 0.4) is 0 Å². The summed E-state index contributed by atoms with van der Waals surface area (Å²) in [6.07, 6.45) is 1.73. The zero-order valence-corrected chi connectivity index (χ0v) is 20.1. The number of aromatic nitrogens is 3. The third kappa shape index (κ3) is 5.86. The molecule has 0 saturated carbocycles. The van der Waals surface area contributed by atoms with E-state index in [-0.39, 0.29) is 17.4 Å². The quantitative estimate of drug-likeness (QED) is 0.239. The van der Waals surface area contributed by atoms with Gasteiger partial charge in [-0.1, -0.05) is 45.9 Å². The SMILES string of the molecule is C=CCn1c(SCC(=O)c2ccc(Br)cc2)nnc1[C@H](C)NC(=O)c1ccc(OC)cc1. The number of Topliss-reactive ketones (excluding diaryl/α,β-unsaturated/α-hetero) is 1. The summed E-state index contributed by atoms with van der Waals surface area (Å²) in [6.45, 7) is 6.09. The first kappa shape index (κ1) is 23.7. The van der Waals surface area contributed by atoms with E-state index in [2.05, 4.69) is 38.0 Å². The molecule has 1 aromatic heterocycles. The molecule has 1 heterocycles. The lowest BCUT2D eigenvalue weighted by Gasteiger charge is -2.15. The highest BCUT2D eigenvalue weighted by Crippen LogP contribution is 2.23. The first-order valence-electron chi connectivity index (χ1n) is 9.83. The lowest BCUT2D eigenvalue weighted by atomic mass is 10.2. The van der Waals surface area contributed by atoms with Gasteiger partial charge < -0.3 is 14.6 Å². The molecule has 9 heteroatoms. The van der Waals surface area contributed by atoms with Crippen LogP contribution >= 0.6 is 27.7 Å². The summed E-state index contributed by atoms with van der Waals surface area (Å²) in [4.78, 5) is 25.1. The normalized spacial score (nSPS) is 11.6. The predicted molar refractivity (Wildman–Crippen MR) is 128 cm³/mol. The first-order chi connectivity index (χ1) is 15.4. The highest BCUT2D eigenvalue weighted by Gasteiger charge is 2.20. The molecule has 3 rings (SSSR count). The fraction of sp³-hybridized carbons (Fsp3) is 0.217. The number of hydrogen-bond donors (Lipinski definition) is 1. The van der Waals surface area contributed by atoms with Crippen molar-refractivity contribution in [3.63, 3.8) is 0 Å². The fourth-order valence-corrected chi connectivity index (χ4v) is 4.08. The number of allylic oxidation sites excluding steroid dienone is 1. The van der Waals surface area contributed by atoms with E-state index in [0.29, 0.717) is 34.4 Å². The molecule has 0 radical (unpaired) electrons. The summed E-state index contributed by atoms with van der Waals surface area (Å²) in [5, 5.41) is 12.0. The second-order valence-electron chi connectivity index (χ2n) is 6.88. The van der Waals surface area contributed by atoms with Gasteiger partial charge in [0.05, 0.1) is 18.9 Å². The van der Waals surface area contributed by atoms with E-state index in [9.17, 15) is 9.59 Å². The Kier molecular flexibility index (Phi) is 8.24. The van der Waals surface area contributed by atoms with Gasteiger partial charge >= 0.3 is 0 Å². The molecule has 0 saturated heterocycles. The molecule has 3 aromatic rings. The Morgan fingerprint density at radius 3 is 2.44 bits per heavy atom. The maximum absolute atomic E-state index is 12.6. The van der Waals surface area contributed by atoms with Crippen molar-refractivity contribution in [2.24, 2.45) is 0 Å². The number of nitrogens with zero attached hydrogens (tertiary/aromatic N) is 3. The standard InChI is InChI=1S/C23H23BrN4O3S/c1-4-13-28-21(15(2)25-22(30)17-7-11-19(31-3)12-8-17)26-27-23(28)32-14-20(29)16-5-9-18(24)10-6-16/h4-12,15H,1,13-14H2,2-3H3,(H,25,30)/t15-/m0/s1. The molecule has 0 aliphatic carbocycles. The number of halogens is 1. The summed E-state index contributed by atoms with van der Waals surface area (Å²) >= 11 is 4.67. The summed E-state index contributed by atoms with van der Waals surface area (Å²) in [5.74, 6) is 1.26. The second kappa shape index (κ2) is 11.1. The number of ketones is 1. The van der Waals surface area contributed by atoms with Crippen LogP contribution < -0.4 is 10.1 Å². The lowest BCUT2D eigenvalue weighted by molar-refractivity contribution is 0.0936. The van der Waals surface area contributed by atoms with E-state index in [4.69, 9.17) is 4.74 Å². The molecule has 32 heavy (non-hydrogen) atoms. The van der Waals surface area contributed by atoms with Crippen molar-refractivity contribution in [3.8, 4) is 5.75 Å². The molecular weight excluding hydrogens is 492 g/mol.